The second kappa shape index (κ2) is 6.47. The van der Waals surface area contributed by atoms with Crippen molar-refractivity contribution in [2.45, 2.75) is 37.5 Å². The molecule has 0 radical (unpaired) electrons. The lowest BCUT2D eigenvalue weighted by molar-refractivity contribution is -0.141. The Bertz CT molecular complexity index is 347. The number of likely N-dealkylation sites (tertiary alicyclic amines) is 1. The maximum absolute atomic E-state index is 12.2. The van der Waals surface area contributed by atoms with Crippen molar-refractivity contribution in [3.63, 3.8) is 0 Å². The molecule has 0 spiro atoms. The lowest BCUT2D eigenvalue weighted by Crippen LogP contribution is -2.50. The number of hydrogen-bond donors (Lipinski definition) is 2. The third-order valence-electron chi connectivity index (χ3n) is 3.69. The fraction of sp³-hybridized carbons (Fsp3) is 0.833. The van der Waals surface area contributed by atoms with Crippen molar-refractivity contribution in [3.05, 3.63) is 0 Å². The van der Waals surface area contributed by atoms with Gasteiger partial charge < -0.3 is 20.1 Å². The molecule has 0 aromatic carbocycles. The van der Waals surface area contributed by atoms with E-state index in [4.69, 9.17) is 4.74 Å². The summed E-state index contributed by atoms with van der Waals surface area (Å²) in [7, 11) is 1.54. The number of ether oxygens (including phenoxy) is 1. The maximum Gasteiger partial charge on any atom is 0.326 e. The second-order valence-corrected chi connectivity index (χ2v) is 6.16. The van der Waals surface area contributed by atoms with Crippen molar-refractivity contribution in [2.75, 3.05) is 25.2 Å². The van der Waals surface area contributed by atoms with Crippen LogP contribution in [-0.2, 0) is 9.53 Å². The average molecular weight is 288 g/mol. The van der Waals surface area contributed by atoms with Crippen LogP contribution in [0.1, 0.15) is 19.3 Å². The number of methoxy groups -OCH3 is 1. The minimum atomic E-state index is -0.964. The van der Waals surface area contributed by atoms with Gasteiger partial charge in [-0.25, -0.2) is 9.59 Å². The van der Waals surface area contributed by atoms with Gasteiger partial charge in [-0.3, -0.25) is 0 Å². The number of carboxylic acids is 1. The average Bonchev–Trinajstić information content (AvgIpc) is 2.84. The fourth-order valence-electron chi connectivity index (χ4n) is 2.53. The number of amides is 2. The van der Waals surface area contributed by atoms with Crippen molar-refractivity contribution >= 4 is 23.8 Å². The van der Waals surface area contributed by atoms with E-state index >= 15 is 0 Å². The Morgan fingerprint density at radius 2 is 2.05 bits per heavy atom. The van der Waals surface area contributed by atoms with Crippen LogP contribution < -0.4 is 5.32 Å². The molecule has 2 fully saturated rings. The predicted octanol–water partition coefficient (Wildman–Crippen LogP) is 0.765. The molecule has 2 aliphatic heterocycles. The van der Waals surface area contributed by atoms with Gasteiger partial charge in [-0.2, -0.15) is 11.8 Å². The molecule has 19 heavy (non-hydrogen) atoms. The number of urea groups is 1. The third-order valence-corrected chi connectivity index (χ3v) is 4.74. The summed E-state index contributed by atoms with van der Waals surface area (Å²) in [5.41, 5.74) is 0. The zero-order valence-electron chi connectivity index (χ0n) is 11.0. The van der Waals surface area contributed by atoms with E-state index < -0.39 is 12.0 Å². The Morgan fingerprint density at radius 1 is 1.37 bits per heavy atom. The van der Waals surface area contributed by atoms with Crippen molar-refractivity contribution in [1.82, 2.24) is 10.2 Å². The summed E-state index contributed by atoms with van der Waals surface area (Å²) in [5, 5.41) is 12.1. The van der Waals surface area contributed by atoms with E-state index in [-0.39, 0.29) is 18.2 Å². The summed E-state index contributed by atoms with van der Waals surface area (Å²) in [6.45, 7) is 0.348. The van der Waals surface area contributed by atoms with Gasteiger partial charge in [-0.15, -0.1) is 0 Å². The molecule has 108 valence electrons. The normalized spacial score (nSPS) is 28.4. The highest BCUT2D eigenvalue weighted by molar-refractivity contribution is 7.99. The van der Waals surface area contributed by atoms with Gasteiger partial charge >= 0.3 is 12.0 Å². The molecule has 0 aromatic heterocycles. The molecule has 0 saturated carbocycles. The van der Waals surface area contributed by atoms with Gasteiger partial charge in [0.25, 0.3) is 0 Å². The van der Waals surface area contributed by atoms with E-state index in [1.165, 1.54) is 4.90 Å². The second-order valence-electron chi connectivity index (χ2n) is 4.94. The van der Waals surface area contributed by atoms with E-state index in [1.807, 2.05) is 11.8 Å². The van der Waals surface area contributed by atoms with Crippen molar-refractivity contribution in [3.8, 4) is 0 Å². The Labute approximate surface area is 116 Å². The number of rotatable bonds is 3. The summed E-state index contributed by atoms with van der Waals surface area (Å²) in [6, 6.07) is -0.878. The Morgan fingerprint density at radius 3 is 2.63 bits per heavy atom. The first kappa shape index (κ1) is 14.5. The first-order chi connectivity index (χ1) is 9.11. The molecular weight excluding hydrogens is 268 g/mol. The first-order valence-corrected chi connectivity index (χ1v) is 7.67. The summed E-state index contributed by atoms with van der Waals surface area (Å²) in [6.07, 6.45) is 2.08. The van der Waals surface area contributed by atoms with Crippen molar-refractivity contribution in [2.24, 2.45) is 0 Å². The van der Waals surface area contributed by atoms with E-state index in [0.29, 0.717) is 13.0 Å². The number of carbonyl (C=O) groups excluding carboxylic acids is 1. The van der Waals surface area contributed by atoms with Crippen LogP contribution in [0.4, 0.5) is 4.79 Å². The lowest BCUT2D eigenvalue weighted by Gasteiger charge is -2.27. The number of aliphatic carboxylic acids is 1. The highest BCUT2D eigenvalue weighted by atomic mass is 32.2. The largest absolute Gasteiger partial charge is 0.480 e. The SMILES string of the molecule is COC1CC(C(=O)O)N(C(=O)NC2CCSCC2)C1. The number of carbonyl (C=O) groups is 2. The van der Waals surface area contributed by atoms with Gasteiger partial charge in [0.15, 0.2) is 0 Å². The van der Waals surface area contributed by atoms with Gasteiger partial charge in [-0.05, 0) is 24.3 Å². The zero-order valence-corrected chi connectivity index (χ0v) is 11.8. The van der Waals surface area contributed by atoms with Crippen LogP contribution in [0.2, 0.25) is 0 Å². The monoisotopic (exact) mass is 288 g/mol. The standard InChI is InChI=1S/C12H20N2O4S/c1-18-9-6-10(11(15)16)14(7-9)12(17)13-8-2-4-19-5-3-8/h8-10H,2-7H2,1H3,(H,13,17)(H,15,16). The topological polar surface area (TPSA) is 78.9 Å². The van der Waals surface area contributed by atoms with Crippen LogP contribution in [-0.4, -0.2) is 65.4 Å². The summed E-state index contributed by atoms with van der Waals surface area (Å²) in [4.78, 5) is 24.8. The smallest absolute Gasteiger partial charge is 0.326 e. The van der Waals surface area contributed by atoms with Gasteiger partial charge in [0.05, 0.1) is 6.10 Å². The van der Waals surface area contributed by atoms with Gasteiger partial charge in [-0.1, -0.05) is 0 Å². The number of carboxylic acid groups (broad SMARTS) is 1. The zero-order chi connectivity index (χ0) is 13.8. The lowest BCUT2D eigenvalue weighted by atomic mass is 10.1. The molecule has 2 saturated heterocycles. The summed E-state index contributed by atoms with van der Waals surface area (Å²) in [5.74, 6) is 1.14. The molecule has 2 rings (SSSR count). The molecule has 2 heterocycles. The van der Waals surface area contributed by atoms with Crippen LogP contribution in [0.25, 0.3) is 0 Å². The first-order valence-electron chi connectivity index (χ1n) is 6.52. The van der Waals surface area contributed by atoms with Gasteiger partial charge in [0.1, 0.15) is 6.04 Å². The predicted molar refractivity (Wildman–Crippen MR) is 72.4 cm³/mol. The van der Waals surface area contributed by atoms with E-state index in [2.05, 4.69) is 5.32 Å². The van der Waals surface area contributed by atoms with E-state index in [1.54, 1.807) is 7.11 Å². The molecule has 7 heteroatoms. The summed E-state index contributed by atoms with van der Waals surface area (Å²) < 4.78 is 5.17. The molecule has 2 aliphatic rings. The minimum absolute atomic E-state index is 0.171. The molecule has 2 N–H and O–H groups in total. The highest BCUT2D eigenvalue weighted by Crippen LogP contribution is 2.22. The van der Waals surface area contributed by atoms with E-state index in [0.717, 1.165) is 24.3 Å². The molecule has 6 nitrogen and oxygen atoms in total. The molecule has 0 aliphatic carbocycles. The Balaban J connectivity index is 1.94. The van der Waals surface area contributed by atoms with Crippen LogP contribution in [0.5, 0.6) is 0 Å². The number of nitrogens with one attached hydrogen (secondary N) is 1. The quantitative estimate of drug-likeness (QED) is 0.802. The van der Waals surface area contributed by atoms with Crippen LogP contribution >= 0.6 is 11.8 Å². The van der Waals surface area contributed by atoms with E-state index in [9.17, 15) is 14.7 Å². The van der Waals surface area contributed by atoms with Gasteiger partial charge in [0, 0.05) is 26.1 Å². The van der Waals surface area contributed by atoms with Crippen molar-refractivity contribution < 1.29 is 19.4 Å². The minimum Gasteiger partial charge on any atom is -0.480 e. The number of nitrogens with zero attached hydrogens (tertiary/aromatic N) is 1. The molecular formula is C12H20N2O4S. The Kier molecular flexibility index (Phi) is 4.93. The van der Waals surface area contributed by atoms with Crippen LogP contribution in [0.3, 0.4) is 0 Å². The number of thioether (sulfide) groups is 1. The van der Waals surface area contributed by atoms with Gasteiger partial charge in [0.2, 0.25) is 0 Å². The molecule has 0 bridgehead atoms. The van der Waals surface area contributed by atoms with Crippen LogP contribution in [0.15, 0.2) is 0 Å². The Hall–Kier alpha value is -0.950. The molecule has 2 unspecified atom stereocenters. The third kappa shape index (κ3) is 3.54. The summed E-state index contributed by atoms with van der Waals surface area (Å²) >= 11 is 1.89. The van der Waals surface area contributed by atoms with Crippen molar-refractivity contribution in [1.29, 1.82) is 0 Å². The fourth-order valence-corrected chi connectivity index (χ4v) is 3.63. The highest BCUT2D eigenvalue weighted by Gasteiger charge is 2.40. The molecule has 2 amide bonds. The van der Waals surface area contributed by atoms with Crippen LogP contribution in [0, 0.1) is 0 Å². The maximum atomic E-state index is 12.2. The molecule has 2 atom stereocenters. The molecule has 0 aromatic rings. The number of hydrogen-bond acceptors (Lipinski definition) is 4.